The summed E-state index contributed by atoms with van der Waals surface area (Å²) in [6, 6.07) is 16.9. The first-order valence-electron chi connectivity index (χ1n) is 6.19. The first-order valence-corrected chi connectivity index (χ1v) is 6.57. The molecule has 2 heteroatoms. The van der Waals surface area contributed by atoms with Crippen LogP contribution in [0.2, 0.25) is 5.02 Å². The molecule has 0 amide bonds. The molecule has 0 saturated carbocycles. The van der Waals surface area contributed by atoms with Crippen LogP contribution >= 0.6 is 11.6 Å². The molecule has 1 atom stereocenters. The molecule has 2 aromatic carbocycles. The molecule has 0 bridgehead atoms. The maximum Gasteiger partial charge on any atom is 0.0406 e. The van der Waals surface area contributed by atoms with Gasteiger partial charge in [-0.05, 0) is 37.1 Å². The van der Waals surface area contributed by atoms with E-state index >= 15 is 0 Å². The highest BCUT2D eigenvalue weighted by molar-refractivity contribution is 6.30. The lowest BCUT2D eigenvalue weighted by molar-refractivity contribution is 0.574. The van der Waals surface area contributed by atoms with Gasteiger partial charge in [-0.15, -0.1) is 0 Å². The van der Waals surface area contributed by atoms with Crippen molar-refractivity contribution >= 4 is 11.6 Å². The minimum absolute atomic E-state index is 0.323. The van der Waals surface area contributed by atoms with Gasteiger partial charge in [0, 0.05) is 17.6 Å². The summed E-state index contributed by atoms with van der Waals surface area (Å²) in [7, 11) is 0. The van der Waals surface area contributed by atoms with Crippen LogP contribution in [0.3, 0.4) is 0 Å². The minimum Gasteiger partial charge on any atom is -0.306 e. The zero-order chi connectivity index (χ0) is 13.0. The lowest BCUT2D eigenvalue weighted by Crippen LogP contribution is -2.17. The summed E-state index contributed by atoms with van der Waals surface area (Å²) in [4.78, 5) is 0. The van der Waals surface area contributed by atoms with E-state index in [1.165, 1.54) is 16.7 Å². The van der Waals surface area contributed by atoms with E-state index in [9.17, 15) is 0 Å². The zero-order valence-electron chi connectivity index (χ0n) is 10.8. The third kappa shape index (κ3) is 3.59. The number of aryl methyl sites for hydroxylation is 1. The van der Waals surface area contributed by atoms with E-state index in [1.807, 2.05) is 12.1 Å². The van der Waals surface area contributed by atoms with Crippen LogP contribution in [0.5, 0.6) is 0 Å². The molecule has 0 heterocycles. The van der Waals surface area contributed by atoms with Crippen LogP contribution in [0.1, 0.15) is 29.7 Å². The van der Waals surface area contributed by atoms with Crippen molar-refractivity contribution in [1.82, 2.24) is 5.32 Å². The number of hydrogen-bond acceptors (Lipinski definition) is 1. The van der Waals surface area contributed by atoms with Gasteiger partial charge in [0.25, 0.3) is 0 Å². The molecule has 0 radical (unpaired) electrons. The zero-order valence-corrected chi connectivity index (χ0v) is 11.5. The van der Waals surface area contributed by atoms with Gasteiger partial charge in [-0.2, -0.15) is 0 Å². The predicted octanol–water partition coefficient (Wildman–Crippen LogP) is 4.50. The molecule has 0 aliphatic rings. The Kier molecular flexibility index (Phi) is 4.40. The second kappa shape index (κ2) is 6.03. The standard InChI is InChI=1S/C16H18ClN/c1-12-3-5-14(6-4-12)11-18-13(2)15-7-9-16(17)10-8-15/h3-10,13,18H,11H2,1-2H3/t13-/m1/s1. The van der Waals surface area contributed by atoms with Gasteiger partial charge in [-0.3, -0.25) is 0 Å². The topological polar surface area (TPSA) is 12.0 Å². The Hall–Kier alpha value is -1.31. The van der Waals surface area contributed by atoms with Gasteiger partial charge >= 0.3 is 0 Å². The largest absolute Gasteiger partial charge is 0.306 e. The molecule has 1 nitrogen and oxygen atoms in total. The quantitative estimate of drug-likeness (QED) is 0.853. The van der Waals surface area contributed by atoms with E-state index in [0.717, 1.165) is 11.6 Å². The van der Waals surface area contributed by atoms with Crippen LogP contribution in [0.15, 0.2) is 48.5 Å². The second-order valence-electron chi connectivity index (χ2n) is 4.64. The summed E-state index contributed by atoms with van der Waals surface area (Å²) in [5.74, 6) is 0. The molecule has 0 aliphatic heterocycles. The number of halogens is 1. The van der Waals surface area contributed by atoms with Gasteiger partial charge in [0.1, 0.15) is 0 Å². The van der Waals surface area contributed by atoms with Crippen molar-refractivity contribution < 1.29 is 0 Å². The van der Waals surface area contributed by atoms with Crippen LogP contribution < -0.4 is 5.32 Å². The minimum atomic E-state index is 0.323. The SMILES string of the molecule is Cc1ccc(CN[C@H](C)c2ccc(Cl)cc2)cc1. The Morgan fingerprint density at radius 1 is 1.00 bits per heavy atom. The van der Waals surface area contributed by atoms with Gasteiger partial charge in [0.05, 0.1) is 0 Å². The van der Waals surface area contributed by atoms with Crippen molar-refractivity contribution in [3.8, 4) is 0 Å². The van der Waals surface area contributed by atoms with Crippen molar-refractivity contribution in [2.45, 2.75) is 26.4 Å². The summed E-state index contributed by atoms with van der Waals surface area (Å²) in [5, 5.41) is 4.29. The highest BCUT2D eigenvalue weighted by atomic mass is 35.5. The van der Waals surface area contributed by atoms with Gasteiger partial charge < -0.3 is 5.32 Å². The molecule has 2 aromatic rings. The molecule has 0 aliphatic carbocycles. The fourth-order valence-corrected chi connectivity index (χ4v) is 1.97. The summed E-state index contributed by atoms with van der Waals surface area (Å²) in [5.41, 5.74) is 3.86. The monoisotopic (exact) mass is 259 g/mol. The van der Waals surface area contributed by atoms with Crippen molar-refractivity contribution in [3.63, 3.8) is 0 Å². The third-order valence-electron chi connectivity index (χ3n) is 3.10. The summed E-state index contributed by atoms with van der Waals surface area (Å²) >= 11 is 5.88. The first-order chi connectivity index (χ1) is 8.65. The molecule has 0 aromatic heterocycles. The molecule has 0 unspecified atom stereocenters. The smallest absolute Gasteiger partial charge is 0.0406 e. The molecule has 1 N–H and O–H groups in total. The lowest BCUT2D eigenvalue weighted by atomic mass is 10.1. The Balaban J connectivity index is 1.93. The van der Waals surface area contributed by atoms with Gasteiger partial charge in [0.2, 0.25) is 0 Å². The molecule has 0 fully saturated rings. The van der Waals surface area contributed by atoms with E-state index in [0.29, 0.717) is 6.04 Å². The van der Waals surface area contributed by atoms with E-state index in [1.54, 1.807) is 0 Å². The van der Waals surface area contributed by atoms with Gasteiger partial charge in [-0.1, -0.05) is 53.6 Å². The maximum atomic E-state index is 5.88. The Labute approximate surface area is 114 Å². The van der Waals surface area contributed by atoms with E-state index < -0.39 is 0 Å². The second-order valence-corrected chi connectivity index (χ2v) is 5.08. The summed E-state index contributed by atoms with van der Waals surface area (Å²) in [6.45, 7) is 5.15. The van der Waals surface area contributed by atoms with Gasteiger partial charge in [0.15, 0.2) is 0 Å². The molecule has 0 spiro atoms. The van der Waals surface area contributed by atoms with Crippen molar-refractivity contribution in [2.24, 2.45) is 0 Å². The van der Waals surface area contributed by atoms with Crippen LogP contribution in [0.4, 0.5) is 0 Å². The third-order valence-corrected chi connectivity index (χ3v) is 3.35. The van der Waals surface area contributed by atoms with Gasteiger partial charge in [-0.25, -0.2) is 0 Å². The number of benzene rings is 2. The van der Waals surface area contributed by atoms with Crippen LogP contribution in [-0.4, -0.2) is 0 Å². The number of hydrogen-bond donors (Lipinski definition) is 1. The van der Waals surface area contributed by atoms with Crippen molar-refractivity contribution in [3.05, 3.63) is 70.2 Å². The van der Waals surface area contributed by atoms with Crippen LogP contribution in [0.25, 0.3) is 0 Å². The average Bonchev–Trinajstić information content (AvgIpc) is 2.38. The van der Waals surface area contributed by atoms with E-state index in [4.69, 9.17) is 11.6 Å². The number of rotatable bonds is 4. The highest BCUT2D eigenvalue weighted by Gasteiger charge is 2.04. The molecule has 18 heavy (non-hydrogen) atoms. The Morgan fingerprint density at radius 3 is 2.22 bits per heavy atom. The molecule has 94 valence electrons. The average molecular weight is 260 g/mol. The molecule has 2 rings (SSSR count). The van der Waals surface area contributed by atoms with Crippen LogP contribution in [0, 0.1) is 6.92 Å². The van der Waals surface area contributed by atoms with Crippen LogP contribution in [-0.2, 0) is 6.54 Å². The molecule has 0 saturated heterocycles. The maximum absolute atomic E-state index is 5.88. The first kappa shape index (κ1) is 13.1. The lowest BCUT2D eigenvalue weighted by Gasteiger charge is -2.14. The fourth-order valence-electron chi connectivity index (χ4n) is 1.85. The number of nitrogens with one attached hydrogen (secondary N) is 1. The summed E-state index contributed by atoms with van der Waals surface area (Å²) < 4.78 is 0. The molecular formula is C16H18ClN. The summed E-state index contributed by atoms with van der Waals surface area (Å²) in [6.07, 6.45) is 0. The Morgan fingerprint density at radius 2 is 1.61 bits per heavy atom. The van der Waals surface area contributed by atoms with Crippen molar-refractivity contribution in [2.75, 3.05) is 0 Å². The Bertz CT molecular complexity index is 488. The fraction of sp³-hybridized carbons (Fsp3) is 0.250. The normalized spacial score (nSPS) is 12.4. The highest BCUT2D eigenvalue weighted by Crippen LogP contribution is 2.16. The van der Waals surface area contributed by atoms with Crippen molar-refractivity contribution in [1.29, 1.82) is 0 Å². The molecular weight excluding hydrogens is 242 g/mol. The predicted molar refractivity (Wildman–Crippen MR) is 77.9 cm³/mol. The van der Waals surface area contributed by atoms with E-state index in [2.05, 4.69) is 55.6 Å². The van der Waals surface area contributed by atoms with E-state index in [-0.39, 0.29) is 0 Å².